The van der Waals surface area contributed by atoms with Gasteiger partial charge in [-0.15, -0.1) is 0 Å². The first-order valence-corrected chi connectivity index (χ1v) is 11.4. The van der Waals surface area contributed by atoms with Gasteiger partial charge in [-0.05, 0) is 63.3 Å². The zero-order valence-electron chi connectivity index (χ0n) is 19.9. The zero-order valence-corrected chi connectivity index (χ0v) is 19.9. The topological polar surface area (TPSA) is 105 Å². The first-order valence-electron chi connectivity index (χ1n) is 11.4. The van der Waals surface area contributed by atoms with E-state index >= 15 is 0 Å². The van der Waals surface area contributed by atoms with Crippen molar-refractivity contribution in [2.45, 2.75) is 25.0 Å². The molecule has 35 heavy (non-hydrogen) atoms. The average molecular weight is 473 g/mol. The third kappa shape index (κ3) is 5.20. The summed E-state index contributed by atoms with van der Waals surface area (Å²) in [5.41, 5.74) is 2.29. The number of anilines is 4. The number of nitrogens with zero attached hydrogens (tertiary/aromatic N) is 4. The Bertz CT molecular complexity index is 1340. The van der Waals surface area contributed by atoms with Crippen molar-refractivity contribution >= 4 is 34.0 Å². The minimum absolute atomic E-state index is 0.189. The summed E-state index contributed by atoms with van der Waals surface area (Å²) in [5.74, 6) is 2.64. The van der Waals surface area contributed by atoms with Crippen LogP contribution in [-0.2, 0) is 0 Å². The number of hydrogen-bond acceptors (Lipinski definition) is 9. The van der Waals surface area contributed by atoms with Crippen molar-refractivity contribution in [3.63, 3.8) is 0 Å². The number of rotatable bonds is 8. The van der Waals surface area contributed by atoms with Crippen LogP contribution in [0.15, 0.2) is 60.9 Å². The van der Waals surface area contributed by atoms with Gasteiger partial charge in [-0.2, -0.15) is 4.98 Å². The SMILES string of the molecule is COc1cc(Nc2nccc(Nc3cnc4cc(O)ccc4c3)n2)ccc1OC1CC(N(C)C)C1. The van der Waals surface area contributed by atoms with Gasteiger partial charge in [0, 0.05) is 35.4 Å². The average Bonchev–Trinajstić information content (AvgIpc) is 2.82. The number of pyridine rings is 1. The van der Waals surface area contributed by atoms with Crippen LogP contribution in [0.5, 0.6) is 17.2 Å². The van der Waals surface area contributed by atoms with Gasteiger partial charge in [0.1, 0.15) is 17.7 Å². The predicted molar refractivity (Wildman–Crippen MR) is 136 cm³/mol. The Kier molecular flexibility index (Phi) is 6.24. The summed E-state index contributed by atoms with van der Waals surface area (Å²) >= 11 is 0. The molecule has 0 saturated heterocycles. The predicted octanol–water partition coefficient (Wildman–Crippen LogP) is 4.70. The molecule has 180 valence electrons. The van der Waals surface area contributed by atoms with E-state index in [0.717, 1.165) is 40.9 Å². The van der Waals surface area contributed by atoms with Crippen LogP contribution in [0, 0.1) is 0 Å². The molecule has 0 spiro atoms. The first-order chi connectivity index (χ1) is 17.0. The monoisotopic (exact) mass is 472 g/mol. The summed E-state index contributed by atoms with van der Waals surface area (Å²) in [6.45, 7) is 0. The highest BCUT2D eigenvalue weighted by molar-refractivity contribution is 5.83. The van der Waals surface area contributed by atoms with Crippen LogP contribution in [0.25, 0.3) is 10.9 Å². The summed E-state index contributed by atoms with van der Waals surface area (Å²) in [6.07, 6.45) is 5.61. The third-order valence-electron chi connectivity index (χ3n) is 6.11. The number of methoxy groups -OCH3 is 1. The molecule has 0 bridgehead atoms. The van der Waals surface area contributed by atoms with E-state index in [0.29, 0.717) is 23.6 Å². The number of phenols is 1. The lowest BCUT2D eigenvalue weighted by Crippen LogP contribution is -2.46. The maximum absolute atomic E-state index is 9.62. The Morgan fingerprint density at radius 2 is 1.80 bits per heavy atom. The highest BCUT2D eigenvalue weighted by Gasteiger charge is 2.32. The molecular weight excluding hydrogens is 444 g/mol. The van der Waals surface area contributed by atoms with E-state index < -0.39 is 0 Å². The van der Waals surface area contributed by atoms with Gasteiger partial charge < -0.3 is 30.1 Å². The lowest BCUT2D eigenvalue weighted by molar-refractivity contribution is 0.0383. The summed E-state index contributed by atoms with van der Waals surface area (Å²) < 4.78 is 11.7. The molecule has 1 saturated carbocycles. The van der Waals surface area contributed by atoms with Crippen LogP contribution in [-0.4, -0.2) is 58.3 Å². The number of fused-ring (bicyclic) bond motifs is 1. The molecule has 1 aliphatic rings. The smallest absolute Gasteiger partial charge is 0.229 e. The number of phenolic OH excluding ortho intramolecular Hbond substituents is 1. The molecule has 2 heterocycles. The molecular formula is C26H28N6O3. The Morgan fingerprint density at radius 1 is 0.943 bits per heavy atom. The molecule has 2 aromatic heterocycles. The maximum atomic E-state index is 9.62. The molecule has 0 unspecified atom stereocenters. The van der Waals surface area contributed by atoms with E-state index in [1.807, 2.05) is 30.3 Å². The van der Waals surface area contributed by atoms with Gasteiger partial charge in [0.05, 0.1) is 24.5 Å². The molecule has 1 aliphatic carbocycles. The van der Waals surface area contributed by atoms with Crippen molar-refractivity contribution < 1.29 is 14.6 Å². The van der Waals surface area contributed by atoms with E-state index in [9.17, 15) is 5.11 Å². The van der Waals surface area contributed by atoms with E-state index in [1.165, 1.54) is 0 Å². The summed E-state index contributed by atoms with van der Waals surface area (Å²) in [6, 6.07) is 15.1. The lowest BCUT2D eigenvalue weighted by atomic mass is 9.88. The van der Waals surface area contributed by atoms with Gasteiger partial charge in [0.2, 0.25) is 5.95 Å². The molecule has 0 amide bonds. The molecule has 9 heteroatoms. The van der Waals surface area contributed by atoms with Crippen molar-refractivity contribution in [3.8, 4) is 17.2 Å². The normalized spacial score (nSPS) is 17.1. The quantitative estimate of drug-likeness (QED) is 0.337. The second kappa shape index (κ2) is 9.63. The van der Waals surface area contributed by atoms with E-state index in [2.05, 4.69) is 44.6 Å². The van der Waals surface area contributed by atoms with Crippen LogP contribution in [0.4, 0.5) is 23.1 Å². The number of nitrogens with one attached hydrogen (secondary N) is 2. The minimum atomic E-state index is 0.189. The Balaban J connectivity index is 1.26. The molecule has 0 radical (unpaired) electrons. The standard InChI is InChI=1S/C26H28N6O3/c1-32(2)19-12-21(13-19)35-23-7-5-17(11-24(23)34-3)30-26-27-9-8-25(31-26)29-18-10-16-4-6-20(33)14-22(16)28-15-18/h4-11,14-15,19,21,33H,12-13H2,1-3H3,(H2,27,29,30,31). The fraction of sp³-hybridized carbons (Fsp3) is 0.269. The molecule has 1 fully saturated rings. The van der Waals surface area contributed by atoms with Crippen molar-refractivity contribution in [1.29, 1.82) is 0 Å². The van der Waals surface area contributed by atoms with Gasteiger partial charge in [-0.1, -0.05) is 0 Å². The molecule has 4 aromatic rings. The number of aromatic hydroxyl groups is 1. The minimum Gasteiger partial charge on any atom is -0.508 e. The van der Waals surface area contributed by atoms with Crippen LogP contribution < -0.4 is 20.1 Å². The van der Waals surface area contributed by atoms with Gasteiger partial charge in [-0.3, -0.25) is 4.98 Å². The number of aromatic nitrogens is 3. The Labute approximate surface area is 203 Å². The van der Waals surface area contributed by atoms with Crippen LogP contribution in [0.1, 0.15) is 12.8 Å². The molecule has 0 aliphatic heterocycles. The van der Waals surface area contributed by atoms with Gasteiger partial charge in [0.15, 0.2) is 11.5 Å². The highest BCUT2D eigenvalue weighted by atomic mass is 16.5. The van der Waals surface area contributed by atoms with Crippen LogP contribution >= 0.6 is 0 Å². The van der Waals surface area contributed by atoms with Crippen molar-refractivity contribution in [3.05, 3.63) is 60.9 Å². The molecule has 0 atom stereocenters. The largest absolute Gasteiger partial charge is 0.508 e. The van der Waals surface area contributed by atoms with Gasteiger partial charge >= 0.3 is 0 Å². The zero-order chi connectivity index (χ0) is 24.4. The van der Waals surface area contributed by atoms with Gasteiger partial charge in [0.25, 0.3) is 0 Å². The Hall–Kier alpha value is -4.11. The third-order valence-corrected chi connectivity index (χ3v) is 6.11. The van der Waals surface area contributed by atoms with Crippen LogP contribution in [0.2, 0.25) is 0 Å². The molecule has 3 N–H and O–H groups in total. The maximum Gasteiger partial charge on any atom is 0.229 e. The lowest BCUT2D eigenvalue weighted by Gasteiger charge is -2.39. The summed E-state index contributed by atoms with van der Waals surface area (Å²) in [7, 11) is 5.83. The second-order valence-electron chi connectivity index (χ2n) is 8.81. The molecule has 2 aromatic carbocycles. The number of benzene rings is 2. The van der Waals surface area contributed by atoms with E-state index in [1.54, 1.807) is 37.7 Å². The highest BCUT2D eigenvalue weighted by Crippen LogP contribution is 2.36. The molecule has 9 nitrogen and oxygen atoms in total. The Morgan fingerprint density at radius 3 is 2.60 bits per heavy atom. The van der Waals surface area contributed by atoms with Crippen molar-refractivity contribution in [1.82, 2.24) is 19.9 Å². The van der Waals surface area contributed by atoms with Crippen LogP contribution in [0.3, 0.4) is 0 Å². The summed E-state index contributed by atoms with van der Waals surface area (Å²) in [4.78, 5) is 15.5. The van der Waals surface area contributed by atoms with Crippen molar-refractivity contribution in [2.75, 3.05) is 31.8 Å². The molecule has 5 rings (SSSR count). The van der Waals surface area contributed by atoms with E-state index in [4.69, 9.17) is 9.47 Å². The second-order valence-corrected chi connectivity index (χ2v) is 8.81. The fourth-order valence-corrected chi connectivity index (χ4v) is 4.02. The van der Waals surface area contributed by atoms with E-state index in [-0.39, 0.29) is 11.9 Å². The number of ether oxygens (including phenoxy) is 2. The first kappa shape index (κ1) is 22.7. The van der Waals surface area contributed by atoms with Gasteiger partial charge in [-0.25, -0.2) is 4.98 Å². The number of hydrogen-bond donors (Lipinski definition) is 3. The van der Waals surface area contributed by atoms with Crippen molar-refractivity contribution in [2.24, 2.45) is 0 Å². The summed E-state index contributed by atoms with van der Waals surface area (Å²) in [5, 5.41) is 17.0. The fourth-order valence-electron chi connectivity index (χ4n) is 4.02.